The van der Waals surface area contributed by atoms with Gasteiger partial charge in [0.2, 0.25) is 0 Å². The summed E-state index contributed by atoms with van der Waals surface area (Å²) in [5.74, 6) is 0.820. The zero-order valence-electron chi connectivity index (χ0n) is 36.9. The van der Waals surface area contributed by atoms with Gasteiger partial charge in [0.25, 0.3) is 0 Å². The van der Waals surface area contributed by atoms with E-state index in [1.165, 1.54) is 0 Å². The largest absolute Gasteiger partial charge is 0.394 e. The summed E-state index contributed by atoms with van der Waals surface area (Å²) in [5.41, 5.74) is -0.853. The Balaban J connectivity index is 1.19. The van der Waals surface area contributed by atoms with Crippen LogP contribution in [0, 0.1) is 17.3 Å². The Hall–Kier alpha value is -0.880. The predicted octanol–water partition coefficient (Wildman–Crippen LogP) is -4.02. The minimum absolute atomic E-state index is 0.116. The number of aliphatic hydroxyl groups excluding tert-OH is 14. The number of ether oxygens (including phenoxy) is 8. The van der Waals surface area contributed by atoms with Crippen molar-refractivity contribution < 1.29 is 109 Å². The Morgan fingerprint density at radius 3 is 1.03 bits per heavy atom. The van der Waals surface area contributed by atoms with E-state index in [0.29, 0.717) is 24.7 Å². The maximum atomic E-state index is 11.4. The Morgan fingerprint density at radius 1 is 0.369 bits per heavy atom. The van der Waals surface area contributed by atoms with Crippen LogP contribution in [0.25, 0.3) is 0 Å². The van der Waals surface area contributed by atoms with Crippen LogP contribution in [0.2, 0.25) is 0 Å². The highest BCUT2D eigenvalue weighted by atomic mass is 16.8. The molecule has 0 aromatic rings. The molecule has 6 fully saturated rings. The van der Waals surface area contributed by atoms with Gasteiger partial charge in [0.05, 0.1) is 39.6 Å². The molecule has 2 aliphatic carbocycles. The molecule has 0 radical (unpaired) electrons. The lowest BCUT2D eigenvalue weighted by Crippen LogP contribution is -2.65. The first-order valence-corrected chi connectivity index (χ1v) is 23.6. The molecular formula is C43H76O22. The van der Waals surface area contributed by atoms with Crippen molar-refractivity contribution in [3.8, 4) is 0 Å². The monoisotopic (exact) mass is 944 g/mol. The van der Waals surface area contributed by atoms with Gasteiger partial charge in [-0.25, -0.2) is 0 Å². The first-order chi connectivity index (χ1) is 31.1. The highest BCUT2D eigenvalue weighted by Crippen LogP contribution is 2.42. The summed E-state index contributed by atoms with van der Waals surface area (Å²) < 4.78 is 47.1. The van der Waals surface area contributed by atoms with E-state index in [9.17, 15) is 71.5 Å². The van der Waals surface area contributed by atoms with Gasteiger partial charge in [-0.3, -0.25) is 0 Å². The van der Waals surface area contributed by atoms with Gasteiger partial charge >= 0.3 is 0 Å². The molecule has 22 nitrogen and oxygen atoms in total. The summed E-state index contributed by atoms with van der Waals surface area (Å²) >= 11 is 0. The third-order valence-electron chi connectivity index (χ3n) is 14.6. The Labute approximate surface area is 378 Å². The van der Waals surface area contributed by atoms with Gasteiger partial charge in [-0.05, 0) is 37.5 Å². The summed E-state index contributed by atoms with van der Waals surface area (Å²) in [6.07, 6.45) is -19.2. The van der Waals surface area contributed by atoms with E-state index in [1.807, 2.05) is 0 Å². The molecule has 14 N–H and O–H groups in total. The second kappa shape index (κ2) is 24.8. The van der Waals surface area contributed by atoms with Gasteiger partial charge in [-0.2, -0.15) is 0 Å². The molecule has 4 heterocycles. The van der Waals surface area contributed by atoms with Crippen molar-refractivity contribution in [2.75, 3.05) is 39.6 Å². The van der Waals surface area contributed by atoms with Gasteiger partial charge in [0.15, 0.2) is 25.2 Å². The standard InChI is InChI=1S/C43H76O22/c44-15-23-27(48)29(50)33(54)41(60-23)64-37-25(17-46)62-39(35(56)31(37)52)58-19-43(13-11-21-7-3-1-4-8-21,14-12-22-9-5-2-6-10-22)20-59-40-36(57)32(53)38(26(18-47)63-40)65-42-34(55)30(51)28(49)24(16-45)61-42/h21-42,44-57H,1-20H2/t23-,24-,25-,26-,27-,28-,29+,30+,31-,32-,33-,34-,35-,36-,37-,38-,39-,40-,41-,42-/m1/s1. The molecule has 6 rings (SSSR count). The summed E-state index contributed by atoms with van der Waals surface area (Å²) in [6, 6.07) is 0. The number of rotatable bonds is 20. The maximum Gasteiger partial charge on any atom is 0.187 e. The van der Waals surface area contributed by atoms with Crippen LogP contribution in [0.5, 0.6) is 0 Å². The zero-order chi connectivity index (χ0) is 47.0. The maximum absolute atomic E-state index is 11.4. The fourth-order valence-electron chi connectivity index (χ4n) is 10.3. The van der Waals surface area contributed by atoms with E-state index in [2.05, 4.69) is 0 Å². The van der Waals surface area contributed by atoms with Crippen LogP contribution >= 0.6 is 0 Å². The third-order valence-corrected chi connectivity index (χ3v) is 14.6. The number of aliphatic hydroxyl groups is 14. The van der Waals surface area contributed by atoms with Crippen molar-refractivity contribution in [3.63, 3.8) is 0 Å². The van der Waals surface area contributed by atoms with Crippen LogP contribution in [-0.4, -0.2) is 234 Å². The molecule has 6 aliphatic rings. The van der Waals surface area contributed by atoms with E-state index in [1.54, 1.807) is 0 Å². The summed E-state index contributed by atoms with van der Waals surface area (Å²) in [5, 5.41) is 148. The molecule has 0 aromatic carbocycles. The lowest BCUT2D eigenvalue weighted by molar-refractivity contribution is -0.365. The van der Waals surface area contributed by atoms with Crippen molar-refractivity contribution >= 4 is 0 Å². The van der Waals surface area contributed by atoms with Crippen molar-refractivity contribution in [1.82, 2.24) is 0 Å². The summed E-state index contributed by atoms with van der Waals surface area (Å²) in [4.78, 5) is 0. The van der Waals surface area contributed by atoms with Crippen LogP contribution in [0.1, 0.15) is 89.9 Å². The SMILES string of the molecule is OC[C@H]1O[C@H](O[C@H]2[C@H](O)[C@@H](O)[C@H](OCC(CCC3CCCCC3)(CCC3CCCCC3)CO[C@@H]3O[C@H](CO)[C@@H](O[C@H]4O[C@H](CO)[C@@H](O)[C@H](O)[C@H]4O)[C@H](O)[C@H]3O)O[C@@H]2CO)[C@H](O)[C@@H](O)[C@@H]1O. The molecule has 22 heteroatoms. The van der Waals surface area contributed by atoms with E-state index < -0.39 is 155 Å². The third kappa shape index (κ3) is 12.9. The fraction of sp³-hybridized carbons (Fsp3) is 1.00. The van der Waals surface area contributed by atoms with Crippen LogP contribution < -0.4 is 0 Å². The Kier molecular flexibility index (Phi) is 20.4. The van der Waals surface area contributed by atoms with Crippen molar-refractivity contribution in [3.05, 3.63) is 0 Å². The number of hydrogen-bond acceptors (Lipinski definition) is 22. The average Bonchev–Trinajstić information content (AvgIpc) is 3.33. The van der Waals surface area contributed by atoms with Crippen LogP contribution in [0.15, 0.2) is 0 Å². The highest BCUT2D eigenvalue weighted by Gasteiger charge is 2.53. The summed E-state index contributed by atoms with van der Waals surface area (Å²) in [7, 11) is 0. The molecule has 0 unspecified atom stereocenters. The second-order valence-corrected chi connectivity index (χ2v) is 19.2. The van der Waals surface area contributed by atoms with Gasteiger partial charge in [-0.1, -0.05) is 64.2 Å². The quantitative estimate of drug-likeness (QED) is 0.0553. The van der Waals surface area contributed by atoms with Crippen LogP contribution in [0.4, 0.5) is 0 Å². The lowest BCUT2D eigenvalue weighted by Gasteiger charge is -2.47. The fourth-order valence-corrected chi connectivity index (χ4v) is 10.3. The molecular weight excluding hydrogens is 868 g/mol. The van der Waals surface area contributed by atoms with E-state index in [-0.39, 0.29) is 13.2 Å². The summed E-state index contributed by atoms with van der Waals surface area (Å²) in [6.45, 7) is -3.22. The van der Waals surface area contributed by atoms with Crippen molar-refractivity contribution in [1.29, 1.82) is 0 Å². The van der Waals surface area contributed by atoms with E-state index in [4.69, 9.17) is 37.9 Å². The lowest BCUT2D eigenvalue weighted by atomic mass is 9.73. The predicted molar refractivity (Wildman–Crippen MR) is 219 cm³/mol. The molecule has 2 saturated carbocycles. The molecule has 20 atom stereocenters. The second-order valence-electron chi connectivity index (χ2n) is 19.2. The van der Waals surface area contributed by atoms with Crippen molar-refractivity contribution in [2.45, 2.75) is 213 Å². The zero-order valence-corrected chi connectivity index (χ0v) is 36.9. The van der Waals surface area contributed by atoms with Crippen molar-refractivity contribution in [2.24, 2.45) is 17.3 Å². The first-order valence-electron chi connectivity index (χ1n) is 23.6. The van der Waals surface area contributed by atoms with E-state index in [0.717, 1.165) is 77.0 Å². The first kappa shape index (κ1) is 53.5. The molecule has 65 heavy (non-hydrogen) atoms. The number of hydrogen-bond donors (Lipinski definition) is 14. The van der Waals surface area contributed by atoms with Crippen LogP contribution in [0.3, 0.4) is 0 Å². The molecule has 4 aliphatic heterocycles. The van der Waals surface area contributed by atoms with Gasteiger partial charge < -0.3 is 109 Å². The highest BCUT2D eigenvalue weighted by molar-refractivity contribution is 4.97. The molecule has 4 saturated heterocycles. The molecule has 0 aromatic heterocycles. The topological polar surface area (TPSA) is 357 Å². The smallest absolute Gasteiger partial charge is 0.187 e. The molecule has 0 spiro atoms. The van der Waals surface area contributed by atoms with Crippen LogP contribution in [-0.2, 0) is 37.9 Å². The van der Waals surface area contributed by atoms with Gasteiger partial charge in [0, 0.05) is 5.41 Å². The van der Waals surface area contributed by atoms with Gasteiger partial charge in [-0.15, -0.1) is 0 Å². The Morgan fingerprint density at radius 2 is 0.692 bits per heavy atom. The van der Waals surface area contributed by atoms with E-state index >= 15 is 0 Å². The normalized spacial score (nSPS) is 44.0. The Bertz CT molecular complexity index is 1270. The molecule has 0 amide bonds. The minimum Gasteiger partial charge on any atom is -0.394 e. The average molecular weight is 945 g/mol. The molecule has 0 bridgehead atoms. The van der Waals surface area contributed by atoms with Gasteiger partial charge in [0.1, 0.15) is 97.7 Å². The molecule has 380 valence electrons. The minimum atomic E-state index is -1.83.